The summed E-state index contributed by atoms with van der Waals surface area (Å²) in [6.45, 7) is 1.74. The van der Waals surface area contributed by atoms with Gasteiger partial charge in [0.25, 0.3) is 10.0 Å². The zero-order valence-corrected chi connectivity index (χ0v) is 9.13. The third-order valence-corrected chi connectivity index (χ3v) is 3.62. The number of aryl methyl sites for hydroxylation is 1. The maximum Gasteiger partial charge on any atom is 0.285 e. The van der Waals surface area contributed by atoms with Crippen LogP contribution in [0.2, 0.25) is 0 Å². The van der Waals surface area contributed by atoms with E-state index in [1.165, 1.54) is 7.11 Å². The maximum absolute atomic E-state index is 11.7. The van der Waals surface area contributed by atoms with Gasteiger partial charge in [0.15, 0.2) is 5.84 Å². The van der Waals surface area contributed by atoms with Crippen molar-refractivity contribution in [2.45, 2.75) is 11.8 Å². The summed E-state index contributed by atoms with van der Waals surface area (Å²) < 4.78 is 26.9. The van der Waals surface area contributed by atoms with Crippen molar-refractivity contribution in [2.75, 3.05) is 7.11 Å². The predicted molar refractivity (Wildman–Crippen MR) is 55.0 cm³/mol. The van der Waals surface area contributed by atoms with Gasteiger partial charge in [-0.2, -0.15) is 8.42 Å². The first-order valence-corrected chi connectivity index (χ1v) is 5.74. The average molecular weight is 226 g/mol. The quantitative estimate of drug-likeness (QED) is 0.712. The first kappa shape index (κ1) is 10.1. The van der Waals surface area contributed by atoms with E-state index in [2.05, 4.69) is 14.7 Å². The van der Waals surface area contributed by atoms with E-state index in [9.17, 15) is 8.42 Å². The molecule has 1 aromatic rings. The smallest absolute Gasteiger partial charge is 0.278 e. The second kappa shape index (κ2) is 3.32. The van der Waals surface area contributed by atoms with E-state index in [1.807, 2.05) is 0 Å². The number of nitrogens with one attached hydrogen (secondary N) is 1. The van der Waals surface area contributed by atoms with Crippen molar-refractivity contribution in [2.24, 2.45) is 4.40 Å². The Morgan fingerprint density at radius 3 is 2.80 bits per heavy atom. The minimum atomic E-state index is -3.56. The third-order valence-electron chi connectivity index (χ3n) is 2.14. The van der Waals surface area contributed by atoms with E-state index in [-0.39, 0.29) is 10.7 Å². The van der Waals surface area contributed by atoms with Gasteiger partial charge >= 0.3 is 0 Å². The fraction of sp³-hybridized carbons (Fsp3) is 0.222. The summed E-state index contributed by atoms with van der Waals surface area (Å²) in [5.74, 6) is 0.233. The lowest BCUT2D eigenvalue weighted by Crippen LogP contribution is -2.21. The molecule has 0 amide bonds. The highest BCUT2D eigenvalue weighted by Crippen LogP contribution is 2.28. The molecule has 1 aromatic carbocycles. The second-order valence-corrected chi connectivity index (χ2v) is 4.71. The predicted octanol–water partition coefficient (Wildman–Crippen LogP) is 0.595. The highest BCUT2D eigenvalue weighted by molar-refractivity contribution is 7.90. The standard InChI is InChI=1S/C9H10N2O3S/c1-6-4-3-5-7-8(6)15(12,13)11-9(7)10-14-2/h3-5H,1-2H3,(H,10,11). The van der Waals surface area contributed by atoms with E-state index < -0.39 is 10.0 Å². The summed E-state index contributed by atoms with van der Waals surface area (Å²) in [5, 5.41) is 0. The van der Waals surface area contributed by atoms with Gasteiger partial charge in [0.05, 0.1) is 7.11 Å². The Kier molecular flexibility index (Phi) is 2.24. The highest BCUT2D eigenvalue weighted by Gasteiger charge is 2.30. The van der Waals surface area contributed by atoms with E-state index in [1.54, 1.807) is 25.1 Å². The Morgan fingerprint density at radius 1 is 1.40 bits per heavy atom. The van der Waals surface area contributed by atoms with Gasteiger partial charge in [0, 0.05) is 5.56 Å². The lowest BCUT2D eigenvalue weighted by Gasteiger charge is -2.03. The molecule has 0 atom stereocenters. The molecule has 0 fully saturated rings. The minimum absolute atomic E-state index is 0.233. The van der Waals surface area contributed by atoms with E-state index in [4.69, 9.17) is 0 Å². The van der Waals surface area contributed by atoms with E-state index in [0.717, 1.165) is 0 Å². The number of hydroxylamine groups is 1. The van der Waals surface area contributed by atoms with Gasteiger partial charge in [-0.3, -0.25) is 4.84 Å². The second-order valence-electron chi connectivity index (χ2n) is 3.17. The summed E-state index contributed by atoms with van der Waals surface area (Å²) >= 11 is 0. The molecular weight excluding hydrogens is 216 g/mol. The molecule has 6 heteroatoms. The fourth-order valence-electron chi connectivity index (χ4n) is 1.57. The molecule has 1 heterocycles. The van der Waals surface area contributed by atoms with E-state index >= 15 is 0 Å². The molecule has 15 heavy (non-hydrogen) atoms. The fourth-order valence-corrected chi connectivity index (χ4v) is 2.95. The zero-order valence-electron chi connectivity index (χ0n) is 8.31. The number of amidine groups is 1. The lowest BCUT2D eigenvalue weighted by atomic mass is 10.1. The Morgan fingerprint density at radius 2 is 2.13 bits per heavy atom. The van der Waals surface area contributed by atoms with Gasteiger partial charge < -0.3 is 0 Å². The van der Waals surface area contributed by atoms with Crippen molar-refractivity contribution < 1.29 is 13.3 Å². The number of hydrogen-bond donors (Lipinski definition) is 1. The van der Waals surface area contributed by atoms with Gasteiger partial charge in [-0.05, 0) is 18.6 Å². The van der Waals surface area contributed by atoms with Crippen LogP contribution in [0.25, 0.3) is 0 Å². The van der Waals surface area contributed by atoms with Gasteiger partial charge in [-0.1, -0.05) is 12.1 Å². The average Bonchev–Trinajstić information content (AvgIpc) is 2.40. The molecule has 0 saturated heterocycles. The van der Waals surface area contributed by atoms with Crippen molar-refractivity contribution in [3.05, 3.63) is 29.3 Å². The minimum Gasteiger partial charge on any atom is -0.278 e. The Labute approximate surface area is 87.8 Å². The molecular formula is C9H10N2O3S. The maximum atomic E-state index is 11.7. The first-order valence-electron chi connectivity index (χ1n) is 4.30. The van der Waals surface area contributed by atoms with Crippen LogP contribution in [0.4, 0.5) is 0 Å². The summed E-state index contributed by atoms with van der Waals surface area (Å²) in [6.07, 6.45) is 0. The van der Waals surface area contributed by atoms with Crippen molar-refractivity contribution in [1.82, 2.24) is 5.48 Å². The number of rotatable bonds is 1. The van der Waals surface area contributed by atoms with Crippen LogP contribution in [0.15, 0.2) is 27.5 Å². The van der Waals surface area contributed by atoms with Crippen molar-refractivity contribution in [1.29, 1.82) is 0 Å². The molecule has 0 bridgehead atoms. The lowest BCUT2D eigenvalue weighted by molar-refractivity contribution is 0.145. The molecule has 0 saturated carbocycles. The molecule has 0 aromatic heterocycles. The van der Waals surface area contributed by atoms with Crippen LogP contribution in [0.3, 0.4) is 0 Å². The van der Waals surface area contributed by atoms with Crippen LogP contribution in [-0.2, 0) is 14.9 Å². The van der Waals surface area contributed by atoms with E-state index in [0.29, 0.717) is 11.1 Å². The molecule has 0 radical (unpaired) electrons. The van der Waals surface area contributed by atoms with Gasteiger partial charge in [0.1, 0.15) is 4.90 Å². The van der Waals surface area contributed by atoms with Crippen molar-refractivity contribution in [3.8, 4) is 0 Å². The summed E-state index contributed by atoms with van der Waals surface area (Å²) in [6, 6.07) is 5.21. The number of sulfonamides is 1. The Balaban J connectivity index is 2.68. The SMILES string of the molecule is CONC1=NS(=O)(=O)c2c(C)cccc21. The number of benzene rings is 1. The van der Waals surface area contributed by atoms with Gasteiger partial charge in [-0.15, -0.1) is 4.40 Å². The third kappa shape index (κ3) is 1.51. The molecule has 1 aliphatic rings. The normalized spacial score (nSPS) is 17.1. The first-order chi connectivity index (χ1) is 7.06. The van der Waals surface area contributed by atoms with Crippen LogP contribution >= 0.6 is 0 Å². The summed E-state index contributed by atoms with van der Waals surface area (Å²) in [4.78, 5) is 4.92. The monoisotopic (exact) mass is 226 g/mol. The summed E-state index contributed by atoms with van der Waals surface area (Å²) in [5.41, 5.74) is 3.69. The highest BCUT2D eigenvalue weighted by atomic mass is 32.2. The van der Waals surface area contributed by atoms with Crippen molar-refractivity contribution in [3.63, 3.8) is 0 Å². The largest absolute Gasteiger partial charge is 0.285 e. The van der Waals surface area contributed by atoms with Crippen LogP contribution in [0, 0.1) is 6.92 Å². The van der Waals surface area contributed by atoms with Crippen LogP contribution in [0.5, 0.6) is 0 Å². The van der Waals surface area contributed by atoms with Crippen LogP contribution < -0.4 is 5.48 Å². The molecule has 5 nitrogen and oxygen atoms in total. The molecule has 0 unspecified atom stereocenters. The zero-order chi connectivity index (χ0) is 11.1. The van der Waals surface area contributed by atoms with Crippen LogP contribution in [-0.4, -0.2) is 21.4 Å². The molecule has 1 N–H and O–H groups in total. The molecule has 0 spiro atoms. The molecule has 80 valence electrons. The molecule has 2 rings (SSSR count). The topological polar surface area (TPSA) is 67.8 Å². The number of nitrogens with zero attached hydrogens (tertiary/aromatic N) is 1. The van der Waals surface area contributed by atoms with Crippen molar-refractivity contribution >= 4 is 15.9 Å². The molecule has 0 aliphatic carbocycles. The molecule has 1 aliphatic heterocycles. The van der Waals surface area contributed by atoms with Crippen LogP contribution in [0.1, 0.15) is 11.1 Å². The summed E-state index contributed by atoms with van der Waals surface area (Å²) in [7, 11) is -2.16. The van der Waals surface area contributed by atoms with Gasteiger partial charge in [-0.25, -0.2) is 5.48 Å². The van der Waals surface area contributed by atoms with Gasteiger partial charge in [0.2, 0.25) is 0 Å². The Hall–Kier alpha value is -1.40. The Bertz CT molecular complexity index is 534. The number of hydrogen-bond acceptors (Lipinski definition) is 4. The number of fused-ring (bicyclic) bond motifs is 1.